The second-order valence-electron chi connectivity index (χ2n) is 9.78. The number of likely N-dealkylation sites (tertiary alicyclic amines) is 1. The van der Waals surface area contributed by atoms with Crippen LogP contribution in [0.5, 0.6) is 23.1 Å². The number of pyridine rings is 2. The topological polar surface area (TPSA) is 73.8 Å². The minimum absolute atomic E-state index is 0.293. The molecule has 4 aromatic rings. The smallest absolute Gasteiger partial charge is 0.415 e. The third-order valence-corrected chi connectivity index (χ3v) is 7.74. The van der Waals surface area contributed by atoms with Crippen LogP contribution in [-0.2, 0) is 6.42 Å². The summed E-state index contributed by atoms with van der Waals surface area (Å²) in [6.07, 6.45) is 7.81. The van der Waals surface area contributed by atoms with Gasteiger partial charge in [0.15, 0.2) is 0 Å². The van der Waals surface area contributed by atoms with E-state index in [-0.39, 0.29) is 6.09 Å². The lowest BCUT2D eigenvalue weighted by Crippen LogP contribution is -2.41. The molecule has 2 aromatic carbocycles. The molecular formula is C32H33N3O4S. The molecule has 1 aliphatic rings. The van der Waals surface area contributed by atoms with Gasteiger partial charge in [0.1, 0.15) is 17.2 Å². The first kappa shape index (κ1) is 27.5. The lowest BCUT2D eigenvalue weighted by molar-refractivity contribution is 0.117. The molecule has 0 spiro atoms. The number of piperidine rings is 1. The van der Waals surface area contributed by atoms with Crippen molar-refractivity contribution in [3.8, 4) is 23.1 Å². The molecule has 0 aliphatic carbocycles. The van der Waals surface area contributed by atoms with E-state index < -0.39 is 0 Å². The molecule has 0 bridgehead atoms. The van der Waals surface area contributed by atoms with Gasteiger partial charge in [-0.3, -0.25) is 4.98 Å². The van der Waals surface area contributed by atoms with Gasteiger partial charge in [-0.15, -0.1) is 11.8 Å². The molecule has 206 valence electrons. The fourth-order valence-corrected chi connectivity index (χ4v) is 5.23. The SMILES string of the molecule is Cc1ccc(Oc2ccc(OCC3CCN(C(=O)Oc4ccc(CCSc5ccncc5)cc4)CC3)cc2)nc1. The van der Waals surface area contributed by atoms with Gasteiger partial charge in [-0.05, 0) is 91.8 Å². The van der Waals surface area contributed by atoms with Crippen molar-refractivity contribution in [3.05, 3.63) is 103 Å². The van der Waals surface area contributed by atoms with E-state index in [1.807, 2.05) is 92.1 Å². The number of carbonyl (C=O) groups is 1. The molecule has 0 saturated carbocycles. The standard InChI is InChI=1S/C32H33N3O4S/c1-24-2-11-31(34-22-24)38-28-9-7-27(8-10-28)37-23-26-14-19-35(20-15-26)32(36)39-29-5-3-25(4-6-29)16-21-40-30-12-17-33-18-13-30/h2-13,17-18,22,26H,14-16,19-21,23H2,1H3. The number of amides is 1. The van der Waals surface area contributed by atoms with Crippen LogP contribution in [0.3, 0.4) is 0 Å². The number of ether oxygens (including phenoxy) is 3. The van der Waals surface area contributed by atoms with Gasteiger partial charge in [0.25, 0.3) is 0 Å². The van der Waals surface area contributed by atoms with Crippen LogP contribution in [0.25, 0.3) is 0 Å². The molecule has 3 heterocycles. The molecule has 1 amide bonds. The second kappa shape index (κ2) is 13.8. The number of benzene rings is 2. The number of rotatable bonds is 10. The van der Waals surface area contributed by atoms with Gasteiger partial charge >= 0.3 is 6.09 Å². The zero-order valence-electron chi connectivity index (χ0n) is 22.6. The van der Waals surface area contributed by atoms with Crippen molar-refractivity contribution in [1.29, 1.82) is 0 Å². The Bertz CT molecular complexity index is 1340. The van der Waals surface area contributed by atoms with Crippen molar-refractivity contribution in [2.45, 2.75) is 31.1 Å². The molecule has 40 heavy (non-hydrogen) atoms. The molecule has 1 fully saturated rings. The number of aromatic nitrogens is 2. The van der Waals surface area contributed by atoms with Crippen LogP contribution < -0.4 is 14.2 Å². The highest BCUT2D eigenvalue weighted by atomic mass is 32.2. The summed E-state index contributed by atoms with van der Waals surface area (Å²) in [6.45, 7) is 3.93. The maximum Gasteiger partial charge on any atom is 0.415 e. The number of nitrogens with zero attached hydrogens (tertiary/aromatic N) is 3. The Hall–Kier alpha value is -4.04. The van der Waals surface area contributed by atoms with Crippen molar-refractivity contribution < 1.29 is 19.0 Å². The van der Waals surface area contributed by atoms with E-state index in [9.17, 15) is 4.79 Å². The lowest BCUT2D eigenvalue weighted by atomic mass is 9.98. The summed E-state index contributed by atoms with van der Waals surface area (Å²) in [5.41, 5.74) is 2.31. The van der Waals surface area contributed by atoms with Gasteiger partial charge in [-0.2, -0.15) is 0 Å². The molecule has 1 aliphatic heterocycles. The minimum atomic E-state index is -0.293. The Labute approximate surface area is 239 Å². The van der Waals surface area contributed by atoms with Crippen LogP contribution in [0.2, 0.25) is 0 Å². The number of hydrogen-bond donors (Lipinski definition) is 0. The monoisotopic (exact) mass is 555 g/mol. The van der Waals surface area contributed by atoms with E-state index in [4.69, 9.17) is 14.2 Å². The fraction of sp³-hybridized carbons (Fsp3) is 0.281. The van der Waals surface area contributed by atoms with Gasteiger partial charge in [-0.1, -0.05) is 18.2 Å². The fourth-order valence-electron chi connectivity index (χ4n) is 4.35. The molecule has 5 rings (SSSR count). The van der Waals surface area contributed by atoms with Crippen molar-refractivity contribution in [3.63, 3.8) is 0 Å². The summed E-state index contributed by atoms with van der Waals surface area (Å²) in [6, 6.07) is 23.2. The van der Waals surface area contributed by atoms with Gasteiger partial charge in [-0.25, -0.2) is 9.78 Å². The molecule has 1 saturated heterocycles. The molecule has 7 nitrogen and oxygen atoms in total. The molecule has 0 atom stereocenters. The van der Waals surface area contributed by atoms with Crippen molar-refractivity contribution >= 4 is 17.9 Å². The summed E-state index contributed by atoms with van der Waals surface area (Å²) in [5, 5.41) is 0. The van der Waals surface area contributed by atoms with Crippen molar-refractivity contribution in [1.82, 2.24) is 14.9 Å². The van der Waals surface area contributed by atoms with Gasteiger partial charge < -0.3 is 19.1 Å². The maximum atomic E-state index is 12.7. The molecular weight excluding hydrogens is 522 g/mol. The van der Waals surface area contributed by atoms with Crippen LogP contribution in [0.4, 0.5) is 4.79 Å². The Balaban J connectivity index is 0.994. The van der Waals surface area contributed by atoms with Crippen molar-refractivity contribution in [2.75, 3.05) is 25.4 Å². The number of thioether (sulfide) groups is 1. The molecule has 2 aromatic heterocycles. The average Bonchev–Trinajstić information content (AvgIpc) is 3.00. The summed E-state index contributed by atoms with van der Waals surface area (Å²) in [4.78, 5) is 24.0. The van der Waals surface area contributed by atoms with E-state index in [1.165, 1.54) is 10.5 Å². The van der Waals surface area contributed by atoms with E-state index in [0.29, 0.717) is 43.0 Å². The minimum Gasteiger partial charge on any atom is -0.493 e. The average molecular weight is 556 g/mol. The van der Waals surface area contributed by atoms with E-state index >= 15 is 0 Å². The summed E-state index contributed by atoms with van der Waals surface area (Å²) < 4.78 is 17.4. The van der Waals surface area contributed by atoms with Gasteiger partial charge in [0.05, 0.1) is 6.61 Å². The van der Waals surface area contributed by atoms with Crippen LogP contribution in [0, 0.1) is 12.8 Å². The predicted octanol–water partition coefficient (Wildman–Crippen LogP) is 7.20. The second-order valence-corrected chi connectivity index (χ2v) is 11.0. The number of aryl methyl sites for hydroxylation is 2. The molecule has 0 radical (unpaired) electrons. The normalized spacial score (nSPS) is 13.6. The summed E-state index contributed by atoms with van der Waals surface area (Å²) in [5.74, 6) is 4.02. The van der Waals surface area contributed by atoms with Gasteiger partial charge in [0, 0.05) is 48.4 Å². The van der Waals surface area contributed by atoms with Crippen molar-refractivity contribution in [2.24, 2.45) is 5.92 Å². The van der Waals surface area contributed by atoms with Crippen LogP contribution in [-0.4, -0.2) is 46.4 Å². The van der Waals surface area contributed by atoms with E-state index in [2.05, 4.69) is 9.97 Å². The first-order valence-electron chi connectivity index (χ1n) is 13.5. The highest BCUT2D eigenvalue weighted by molar-refractivity contribution is 7.99. The Morgan fingerprint density at radius 2 is 1.60 bits per heavy atom. The third kappa shape index (κ3) is 8.23. The van der Waals surface area contributed by atoms with Crippen LogP contribution in [0.1, 0.15) is 24.0 Å². The maximum absolute atomic E-state index is 12.7. The van der Waals surface area contributed by atoms with Crippen LogP contribution >= 0.6 is 11.8 Å². The Morgan fingerprint density at radius 1 is 0.900 bits per heavy atom. The summed E-state index contributed by atoms with van der Waals surface area (Å²) >= 11 is 1.80. The number of carbonyl (C=O) groups excluding carboxylic acids is 1. The largest absolute Gasteiger partial charge is 0.493 e. The van der Waals surface area contributed by atoms with E-state index in [1.54, 1.807) is 22.9 Å². The molecule has 8 heteroatoms. The quantitative estimate of drug-likeness (QED) is 0.192. The number of hydrogen-bond acceptors (Lipinski definition) is 7. The third-order valence-electron chi connectivity index (χ3n) is 6.73. The zero-order chi connectivity index (χ0) is 27.6. The van der Waals surface area contributed by atoms with E-state index in [0.717, 1.165) is 36.3 Å². The highest BCUT2D eigenvalue weighted by Gasteiger charge is 2.24. The first-order valence-corrected chi connectivity index (χ1v) is 14.5. The van der Waals surface area contributed by atoms with Crippen LogP contribution in [0.15, 0.2) is 96.3 Å². The molecule has 0 N–H and O–H groups in total. The Kier molecular flexibility index (Phi) is 9.53. The predicted molar refractivity (Wildman–Crippen MR) is 156 cm³/mol. The molecule has 0 unspecified atom stereocenters. The highest BCUT2D eigenvalue weighted by Crippen LogP contribution is 2.25. The first-order chi connectivity index (χ1) is 19.6. The summed E-state index contributed by atoms with van der Waals surface area (Å²) in [7, 11) is 0. The zero-order valence-corrected chi connectivity index (χ0v) is 23.4. The lowest BCUT2D eigenvalue weighted by Gasteiger charge is -2.31. The Morgan fingerprint density at radius 3 is 2.30 bits per heavy atom. The van der Waals surface area contributed by atoms with Gasteiger partial charge in [0.2, 0.25) is 5.88 Å².